The van der Waals surface area contributed by atoms with Gasteiger partial charge in [0.25, 0.3) is 0 Å². The number of halogens is 1. The molecule has 2 aliphatic rings. The van der Waals surface area contributed by atoms with Crippen LogP contribution in [0.2, 0.25) is 0 Å². The molecule has 1 unspecified atom stereocenters. The average molecular weight is 494 g/mol. The van der Waals surface area contributed by atoms with Crippen LogP contribution in [-0.2, 0) is 4.74 Å². The quantitative estimate of drug-likeness (QED) is 0.512. The number of amides is 1. The molecule has 8 heteroatoms. The summed E-state index contributed by atoms with van der Waals surface area (Å²) in [7, 11) is 1.59. The van der Waals surface area contributed by atoms with E-state index >= 15 is 0 Å². The molecular weight excluding hydrogens is 461 g/mol. The van der Waals surface area contributed by atoms with Gasteiger partial charge >= 0.3 is 6.09 Å². The number of aromatic nitrogens is 1. The number of para-hydroxylation sites is 1. The molecule has 1 amide bonds. The zero-order valence-corrected chi connectivity index (χ0v) is 21.1. The maximum Gasteiger partial charge on any atom is 0.415 e. The summed E-state index contributed by atoms with van der Waals surface area (Å²) in [5, 5.41) is 0.905. The van der Waals surface area contributed by atoms with Crippen molar-refractivity contribution < 1.29 is 23.4 Å². The van der Waals surface area contributed by atoms with E-state index in [0.29, 0.717) is 30.3 Å². The van der Waals surface area contributed by atoms with Crippen LogP contribution in [0.4, 0.5) is 14.9 Å². The van der Waals surface area contributed by atoms with Gasteiger partial charge in [-0.1, -0.05) is 12.1 Å². The van der Waals surface area contributed by atoms with Crippen molar-refractivity contribution in [3.05, 3.63) is 60.1 Å². The van der Waals surface area contributed by atoms with Crippen LogP contribution in [0.15, 0.2) is 48.7 Å². The second-order valence-corrected chi connectivity index (χ2v) is 10.3. The van der Waals surface area contributed by atoms with E-state index in [-0.39, 0.29) is 11.9 Å². The summed E-state index contributed by atoms with van der Waals surface area (Å²) < 4.78 is 31.4. The highest BCUT2D eigenvalue weighted by Gasteiger charge is 2.35. The highest BCUT2D eigenvalue weighted by Crippen LogP contribution is 2.42. The van der Waals surface area contributed by atoms with Crippen LogP contribution in [0, 0.1) is 5.82 Å². The van der Waals surface area contributed by atoms with Crippen molar-refractivity contribution in [3.63, 3.8) is 0 Å². The van der Waals surface area contributed by atoms with Crippen molar-refractivity contribution in [2.75, 3.05) is 38.2 Å². The number of nitrogens with one attached hydrogen (secondary N) is 1. The second-order valence-electron chi connectivity index (χ2n) is 10.3. The number of anilines is 1. The molecule has 0 aliphatic carbocycles. The molecule has 2 aromatic carbocycles. The Morgan fingerprint density at radius 2 is 2.08 bits per heavy atom. The molecule has 190 valence electrons. The lowest BCUT2D eigenvalue weighted by Gasteiger charge is -2.38. The van der Waals surface area contributed by atoms with Gasteiger partial charge in [0.1, 0.15) is 17.5 Å². The van der Waals surface area contributed by atoms with Crippen molar-refractivity contribution >= 4 is 28.3 Å². The molecule has 0 spiro atoms. The Morgan fingerprint density at radius 1 is 1.25 bits per heavy atom. The van der Waals surface area contributed by atoms with Gasteiger partial charge in [-0.15, -0.1) is 0 Å². The lowest BCUT2D eigenvalue weighted by atomic mass is 9.98. The molecule has 0 radical (unpaired) electrons. The Morgan fingerprint density at radius 3 is 2.81 bits per heavy atom. The molecule has 3 heterocycles. The van der Waals surface area contributed by atoms with Gasteiger partial charge in [0, 0.05) is 42.3 Å². The van der Waals surface area contributed by atoms with Crippen LogP contribution in [-0.4, -0.2) is 61.0 Å². The first kappa shape index (κ1) is 24.2. The summed E-state index contributed by atoms with van der Waals surface area (Å²) >= 11 is 0. The van der Waals surface area contributed by atoms with Gasteiger partial charge < -0.3 is 19.2 Å². The van der Waals surface area contributed by atoms with Crippen molar-refractivity contribution in [2.24, 2.45) is 0 Å². The van der Waals surface area contributed by atoms with Gasteiger partial charge in [0.05, 0.1) is 19.3 Å². The first-order valence-electron chi connectivity index (χ1n) is 12.2. The number of rotatable bonds is 4. The molecule has 1 atom stereocenters. The van der Waals surface area contributed by atoms with Crippen LogP contribution >= 0.6 is 0 Å². The van der Waals surface area contributed by atoms with Gasteiger partial charge in [-0.05, 0) is 63.1 Å². The lowest BCUT2D eigenvalue weighted by molar-refractivity contribution is 0.0530. The molecule has 1 N–H and O–H groups in total. The smallest absolute Gasteiger partial charge is 0.415 e. The number of carbonyl (C=O) groups is 1. The van der Waals surface area contributed by atoms with E-state index in [1.54, 1.807) is 24.1 Å². The maximum absolute atomic E-state index is 13.8. The Hall–Kier alpha value is -3.52. The minimum atomic E-state index is -0.608. The normalized spacial score (nSPS) is 18.4. The lowest BCUT2D eigenvalue weighted by Crippen LogP contribution is -2.50. The molecule has 0 fully saturated rings. The molecule has 3 aromatic rings. The number of ether oxygens (including phenoxy) is 3. The van der Waals surface area contributed by atoms with E-state index in [4.69, 9.17) is 14.2 Å². The van der Waals surface area contributed by atoms with E-state index in [9.17, 15) is 9.18 Å². The van der Waals surface area contributed by atoms with Crippen LogP contribution < -0.4 is 14.4 Å². The number of aromatic amines is 1. The number of benzene rings is 2. The number of methoxy groups -OCH3 is 1. The Bertz CT molecular complexity index is 1310. The van der Waals surface area contributed by atoms with Gasteiger partial charge in [-0.3, -0.25) is 9.80 Å². The molecule has 0 saturated heterocycles. The van der Waals surface area contributed by atoms with Crippen LogP contribution in [0.3, 0.4) is 0 Å². The zero-order chi connectivity index (χ0) is 25.4. The molecule has 7 nitrogen and oxygen atoms in total. The predicted octanol–water partition coefficient (Wildman–Crippen LogP) is 5.61. The number of fused-ring (bicyclic) bond motifs is 2. The third-order valence-corrected chi connectivity index (χ3v) is 6.50. The van der Waals surface area contributed by atoms with E-state index in [1.807, 2.05) is 45.2 Å². The van der Waals surface area contributed by atoms with Crippen molar-refractivity contribution in [1.29, 1.82) is 0 Å². The van der Waals surface area contributed by atoms with E-state index in [0.717, 1.165) is 36.0 Å². The topological polar surface area (TPSA) is 67.0 Å². The minimum absolute atomic E-state index is 0.235. The SMILES string of the molecule is COc1cccc2c1OC(CN1CC=C(c3c[nH]c4ccc(F)cc34)CC1)CN2C(=O)OC(C)(C)C. The second kappa shape index (κ2) is 9.50. The first-order valence-corrected chi connectivity index (χ1v) is 12.2. The zero-order valence-electron chi connectivity index (χ0n) is 21.1. The average Bonchev–Trinajstić information content (AvgIpc) is 3.25. The maximum atomic E-state index is 13.8. The molecule has 1 aromatic heterocycles. The number of nitrogens with zero attached hydrogens (tertiary/aromatic N) is 2. The molecule has 0 bridgehead atoms. The van der Waals surface area contributed by atoms with Gasteiger partial charge in [0.2, 0.25) is 0 Å². The summed E-state index contributed by atoms with van der Waals surface area (Å²) in [6.45, 7) is 8.16. The van der Waals surface area contributed by atoms with Crippen molar-refractivity contribution in [3.8, 4) is 11.5 Å². The third-order valence-electron chi connectivity index (χ3n) is 6.50. The standard InChI is InChI=1S/C28H32FN3O4/c1-28(2,3)36-27(33)32-17-20(35-26-24(32)6-5-7-25(26)34-4)16-31-12-10-18(11-13-31)22-15-30-23-9-8-19(29)14-21(22)23/h5-10,14-15,20,30H,11-13,16-17H2,1-4H3. The van der Waals surface area contributed by atoms with Crippen molar-refractivity contribution in [2.45, 2.75) is 38.9 Å². The highest BCUT2D eigenvalue weighted by atomic mass is 19.1. The summed E-state index contributed by atoms with van der Waals surface area (Å²) in [6.07, 6.45) is 4.33. The van der Waals surface area contributed by atoms with Crippen LogP contribution in [0.25, 0.3) is 16.5 Å². The number of hydrogen-bond acceptors (Lipinski definition) is 5. The summed E-state index contributed by atoms with van der Waals surface area (Å²) in [5.41, 5.74) is 3.22. The fourth-order valence-electron chi connectivity index (χ4n) is 4.85. The van der Waals surface area contributed by atoms with Crippen LogP contribution in [0.1, 0.15) is 32.8 Å². The first-order chi connectivity index (χ1) is 17.2. The van der Waals surface area contributed by atoms with Gasteiger partial charge in [-0.25, -0.2) is 9.18 Å². The summed E-state index contributed by atoms with van der Waals surface area (Å²) in [5.74, 6) is 0.899. The van der Waals surface area contributed by atoms with Gasteiger partial charge in [-0.2, -0.15) is 0 Å². The Balaban J connectivity index is 1.33. The third kappa shape index (κ3) is 4.91. The van der Waals surface area contributed by atoms with Gasteiger partial charge in [0.15, 0.2) is 11.5 Å². The Labute approximate surface area is 210 Å². The summed E-state index contributed by atoms with van der Waals surface area (Å²) in [6, 6.07) is 10.3. The molecule has 36 heavy (non-hydrogen) atoms. The molecular formula is C28H32FN3O4. The Kier molecular flexibility index (Phi) is 6.38. The fraction of sp³-hybridized carbons (Fsp3) is 0.393. The monoisotopic (exact) mass is 493 g/mol. The van der Waals surface area contributed by atoms with E-state index in [2.05, 4.69) is 16.0 Å². The largest absolute Gasteiger partial charge is 0.493 e. The number of carbonyl (C=O) groups excluding carboxylic acids is 1. The molecule has 0 saturated carbocycles. The van der Waals surface area contributed by atoms with Crippen molar-refractivity contribution in [1.82, 2.24) is 9.88 Å². The van der Waals surface area contributed by atoms with Crippen LogP contribution in [0.5, 0.6) is 11.5 Å². The predicted molar refractivity (Wildman–Crippen MR) is 138 cm³/mol. The number of hydrogen-bond donors (Lipinski definition) is 1. The summed E-state index contributed by atoms with van der Waals surface area (Å²) in [4.78, 5) is 20.3. The molecule has 5 rings (SSSR count). The highest BCUT2D eigenvalue weighted by molar-refractivity contribution is 5.93. The molecule has 2 aliphatic heterocycles. The fourth-order valence-corrected chi connectivity index (χ4v) is 4.85. The van der Waals surface area contributed by atoms with E-state index < -0.39 is 11.7 Å². The minimum Gasteiger partial charge on any atom is -0.493 e. The van der Waals surface area contributed by atoms with E-state index in [1.165, 1.54) is 11.6 Å². The number of H-pyrrole nitrogens is 1.